The minimum absolute atomic E-state index is 0.333. The molecule has 8 heteroatoms. The number of carbonyl (C=O) groups is 1. The molecule has 1 N–H and O–H groups in total. The van der Waals surface area contributed by atoms with E-state index in [-0.39, 0.29) is 0 Å². The highest BCUT2D eigenvalue weighted by atomic mass is 32.2. The third kappa shape index (κ3) is 5.06. The molecule has 0 bridgehead atoms. The van der Waals surface area contributed by atoms with E-state index in [9.17, 15) is 4.79 Å². The van der Waals surface area contributed by atoms with Crippen molar-refractivity contribution in [2.75, 3.05) is 17.7 Å². The van der Waals surface area contributed by atoms with Crippen LogP contribution in [0.3, 0.4) is 0 Å². The third-order valence-electron chi connectivity index (χ3n) is 3.71. The van der Waals surface area contributed by atoms with E-state index >= 15 is 0 Å². The van der Waals surface area contributed by atoms with Gasteiger partial charge in [0.1, 0.15) is 12.9 Å². The molecule has 26 heavy (non-hydrogen) atoms. The van der Waals surface area contributed by atoms with Gasteiger partial charge in [0.05, 0.1) is 6.54 Å². The van der Waals surface area contributed by atoms with Gasteiger partial charge in [0, 0.05) is 16.3 Å². The molecule has 2 aromatic carbocycles. The molecule has 0 saturated carbocycles. The molecule has 0 spiro atoms. The molecule has 1 heterocycles. The summed E-state index contributed by atoms with van der Waals surface area (Å²) in [5.74, 6) is 0.678. The molecule has 1 amide bonds. The number of anilines is 1. The molecule has 1 aromatic heterocycles. The number of hydrogen-bond donors (Lipinski definition) is 1. The predicted octanol–water partition coefficient (Wildman–Crippen LogP) is 3.37. The van der Waals surface area contributed by atoms with Crippen molar-refractivity contribution in [3.05, 3.63) is 66.0 Å². The topological polar surface area (TPSA) is 81.9 Å². The Labute approximate surface area is 155 Å². The molecule has 7 nitrogen and oxygen atoms in total. The summed E-state index contributed by atoms with van der Waals surface area (Å²) in [6.45, 7) is 3.04. The number of ether oxygens (including phenoxy) is 1. The Kier molecular flexibility index (Phi) is 6.21. The number of aromatic nitrogens is 4. The predicted molar refractivity (Wildman–Crippen MR) is 100 cm³/mol. The van der Waals surface area contributed by atoms with E-state index in [4.69, 9.17) is 4.74 Å². The van der Waals surface area contributed by atoms with Crippen molar-refractivity contribution in [1.82, 2.24) is 20.2 Å². The zero-order valence-electron chi connectivity index (χ0n) is 14.3. The van der Waals surface area contributed by atoms with Crippen LogP contribution in [0, 0.1) is 6.92 Å². The van der Waals surface area contributed by atoms with Crippen molar-refractivity contribution in [3.8, 4) is 0 Å². The van der Waals surface area contributed by atoms with Gasteiger partial charge in [-0.05, 0) is 46.7 Å². The number of benzene rings is 2. The average Bonchev–Trinajstić information content (AvgIpc) is 3.15. The van der Waals surface area contributed by atoms with Crippen LogP contribution in [0.2, 0.25) is 0 Å². The fourth-order valence-electron chi connectivity index (χ4n) is 2.38. The van der Waals surface area contributed by atoms with Crippen LogP contribution >= 0.6 is 11.8 Å². The number of nitrogens with one attached hydrogen (secondary N) is 1. The van der Waals surface area contributed by atoms with Gasteiger partial charge < -0.3 is 4.74 Å². The van der Waals surface area contributed by atoms with Gasteiger partial charge in [-0.1, -0.05) is 30.3 Å². The summed E-state index contributed by atoms with van der Waals surface area (Å²) < 4.78 is 6.91. The molecular weight excluding hydrogens is 350 g/mol. The second-order valence-corrected chi connectivity index (χ2v) is 6.66. The van der Waals surface area contributed by atoms with Crippen LogP contribution in [-0.2, 0) is 11.3 Å². The van der Waals surface area contributed by atoms with Gasteiger partial charge in [0.15, 0.2) is 0 Å². The summed E-state index contributed by atoms with van der Waals surface area (Å²) in [4.78, 5) is 12.9. The molecule has 3 rings (SSSR count). The largest absolute Gasteiger partial charge is 0.448 e. The Morgan fingerprint density at radius 1 is 1.19 bits per heavy atom. The van der Waals surface area contributed by atoms with Gasteiger partial charge in [-0.25, -0.2) is 9.48 Å². The highest BCUT2D eigenvalue weighted by Crippen LogP contribution is 2.25. The third-order valence-corrected chi connectivity index (χ3v) is 4.84. The Morgan fingerprint density at radius 3 is 2.81 bits per heavy atom. The average molecular weight is 369 g/mol. The van der Waals surface area contributed by atoms with Gasteiger partial charge in [-0.2, -0.15) is 0 Å². The quantitative estimate of drug-likeness (QED) is 0.508. The summed E-state index contributed by atoms with van der Waals surface area (Å²) in [5, 5.41) is 13.9. The van der Waals surface area contributed by atoms with Gasteiger partial charge in [-0.15, -0.1) is 16.9 Å². The first-order valence-electron chi connectivity index (χ1n) is 8.13. The molecule has 0 unspecified atom stereocenters. The second-order valence-electron chi connectivity index (χ2n) is 5.52. The summed E-state index contributed by atoms with van der Waals surface area (Å²) in [6, 6.07) is 15.4. The minimum atomic E-state index is -0.444. The summed E-state index contributed by atoms with van der Waals surface area (Å²) in [6.07, 6.45) is 1.15. The highest BCUT2D eigenvalue weighted by Gasteiger charge is 2.07. The van der Waals surface area contributed by atoms with Crippen LogP contribution in [-0.4, -0.2) is 38.7 Å². The summed E-state index contributed by atoms with van der Waals surface area (Å²) in [5.41, 5.74) is 3.06. The van der Waals surface area contributed by atoms with Crippen LogP contribution in [0.1, 0.15) is 11.1 Å². The van der Waals surface area contributed by atoms with Crippen LogP contribution < -0.4 is 5.32 Å². The summed E-state index contributed by atoms with van der Waals surface area (Å²) in [7, 11) is 0. The van der Waals surface area contributed by atoms with E-state index < -0.39 is 6.09 Å². The summed E-state index contributed by atoms with van der Waals surface area (Å²) >= 11 is 1.66. The van der Waals surface area contributed by atoms with Gasteiger partial charge in [0.2, 0.25) is 0 Å². The van der Waals surface area contributed by atoms with Crippen molar-refractivity contribution >= 4 is 23.5 Å². The molecule has 0 fully saturated rings. The van der Waals surface area contributed by atoms with Gasteiger partial charge >= 0.3 is 6.09 Å². The fourth-order valence-corrected chi connectivity index (χ4v) is 3.29. The molecule has 0 atom stereocenters. The fraction of sp³-hybridized carbons (Fsp3) is 0.222. The van der Waals surface area contributed by atoms with Gasteiger partial charge in [0.25, 0.3) is 0 Å². The Bertz CT molecular complexity index is 840. The maximum atomic E-state index is 11.8. The lowest BCUT2D eigenvalue weighted by atomic mass is 10.1. The number of hydrogen-bond acceptors (Lipinski definition) is 6. The highest BCUT2D eigenvalue weighted by molar-refractivity contribution is 7.99. The van der Waals surface area contributed by atoms with E-state index in [1.54, 1.807) is 22.8 Å². The molecule has 3 aromatic rings. The molecule has 134 valence electrons. The van der Waals surface area contributed by atoms with E-state index in [0.717, 1.165) is 16.1 Å². The molecule has 0 saturated heterocycles. The number of tetrazole rings is 1. The second kappa shape index (κ2) is 9.00. The first-order chi connectivity index (χ1) is 12.7. The maximum absolute atomic E-state index is 11.8. The van der Waals surface area contributed by atoms with E-state index in [0.29, 0.717) is 18.9 Å². The van der Waals surface area contributed by atoms with Crippen LogP contribution in [0.25, 0.3) is 0 Å². The van der Waals surface area contributed by atoms with Crippen molar-refractivity contribution in [2.24, 2.45) is 0 Å². The number of carbonyl (C=O) groups excluding carboxylic acids is 1. The van der Waals surface area contributed by atoms with Crippen LogP contribution in [0.4, 0.5) is 10.5 Å². The zero-order valence-corrected chi connectivity index (χ0v) is 15.1. The zero-order chi connectivity index (χ0) is 18.2. The van der Waals surface area contributed by atoms with E-state index in [1.165, 1.54) is 5.56 Å². The molecule has 0 aliphatic heterocycles. The number of nitrogens with zero attached hydrogens (tertiary/aromatic N) is 4. The van der Waals surface area contributed by atoms with Crippen molar-refractivity contribution < 1.29 is 9.53 Å². The normalized spacial score (nSPS) is 10.5. The SMILES string of the molecule is Cc1c(Cn2cnnn2)cccc1SCCOC(=O)Nc1ccccc1. The Morgan fingerprint density at radius 2 is 2.04 bits per heavy atom. The Hall–Kier alpha value is -2.87. The lowest BCUT2D eigenvalue weighted by Crippen LogP contribution is -2.15. The number of amides is 1. The Balaban J connectivity index is 1.46. The number of para-hydroxylation sites is 1. The lowest BCUT2D eigenvalue weighted by Gasteiger charge is -2.11. The monoisotopic (exact) mass is 369 g/mol. The first kappa shape index (κ1) is 17.9. The number of thioether (sulfide) groups is 1. The van der Waals surface area contributed by atoms with Crippen molar-refractivity contribution in [3.63, 3.8) is 0 Å². The van der Waals surface area contributed by atoms with Crippen molar-refractivity contribution in [2.45, 2.75) is 18.4 Å². The molecule has 0 radical (unpaired) electrons. The van der Waals surface area contributed by atoms with Crippen LogP contribution in [0.15, 0.2) is 59.8 Å². The molecular formula is C18H19N5O2S. The van der Waals surface area contributed by atoms with E-state index in [2.05, 4.69) is 39.9 Å². The standard InChI is InChI=1S/C18H19N5O2S/c1-14-15(12-23-13-19-21-22-23)6-5-9-17(14)26-11-10-25-18(24)20-16-7-3-2-4-8-16/h2-9,13H,10-12H2,1H3,(H,20,24). The number of rotatable bonds is 7. The van der Waals surface area contributed by atoms with Gasteiger partial charge in [-0.3, -0.25) is 5.32 Å². The molecule has 0 aliphatic carbocycles. The maximum Gasteiger partial charge on any atom is 0.411 e. The first-order valence-corrected chi connectivity index (χ1v) is 9.12. The minimum Gasteiger partial charge on any atom is -0.448 e. The smallest absolute Gasteiger partial charge is 0.411 e. The lowest BCUT2D eigenvalue weighted by molar-refractivity contribution is 0.169. The van der Waals surface area contributed by atoms with Crippen LogP contribution in [0.5, 0.6) is 0 Å². The van der Waals surface area contributed by atoms with E-state index in [1.807, 2.05) is 36.4 Å². The molecule has 0 aliphatic rings. The van der Waals surface area contributed by atoms with Crippen molar-refractivity contribution in [1.29, 1.82) is 0 Å².